The number of aromatic nitrogens is 2. The lowest BCUT2D eigenvalue weighted by atomic mass is 9.96. The molecule has 0 aromatic carbocycles. The average molecular weight is 332 g/mol. The number of fused-ring (bicyclic) bond motifs is 1. The molecule has 8 nitrogen and oxygen atoms in total. The predicted octanol–water partition coefficient (Wildman–Crippen LogP) is 1.41. The molecule has 3 rings (SSSR count). The summed E-state index contributed by atoms with van der Waals surface area (Å²) in [5.41, 5.74) is 6.10. The van der Waals surface area contributed by atoms with Gasteiger partial charge in [-0.3, -0.25) is 4.79 Å². The molecule has 0 saturated carbocycles. The number of esters is 1. The van der Waals surface area contributed by atoms with Gasteiger partial charge >= 0.3 is 5.97 Å². The number of anilines is 1. The highest BCUT2D eigenvalue weighted by atomic mass is 16.5. The van der Waals surface area contributed by atoms with Crippen LogP contribution in [0.2, 0.25) is 0 Å². The van der Waals surface area contributed by atoms with Crippen LogP contribution in [-0.4, -0.2) is 41.5 Å². The summed E-state index contributed by atoms with van der Waals surface area (Å²) in [7, 11) is 0. The molecule has 1 saturated heterocycles. The number of aryl methyl sites for hydroxylation is 1. The zero-order valence-electron chi connectivity index (χ0n) is 13.7. The molecule has 0 aliphatic carbocycles. The molecule has 8 heteroatoms. The fourth-order valence-electron chi connectivity index (χ4n) is 3.09. The van der Waals surface area contributed by atoms with Gasteiger partial charge < -0.3 is 19.8 Å². The number of hydrogen-bond donors (Lipinski definition) is 1. The van der Waals surface area contributed by atoms with Gasteiger partial charge in [-0.15, -0.1) is 0 Å². The first-order valence-corrected chi connectivity index (χ1v) is 7.98. The summed E-state index contributed by atoms with van der Waals surface area (Å²) in [5.74, 6) is 0.250. The molecule has 1 amide bonds. The van der Waals surface area contributed by atoms with E-state index >= 15 is 0 Å². The highest BCUT2D eigenvalue weighted by molar-refractivity contribution is 6.07. The Balaban J connectivity index is 2.00. The zero-order chi connectivity index (χ0) is 17.3. The third-order valence-electron chi connectivity index (χ3n) is 4.32. The summed E-state index contributed by atoms with van der Waals surface area (Å²) >= 11 is 0. The second-order valence-electron chi connectivity index (χ2n) is 5.79. The van der Waals surface area contributed by atoms with E-state index in [0.29, 0.717) is 54.2 Å². The Kier molecular flexibility index (Phi) is 4.37. The van der Waals surface area contributed by atoms with Crippen LogP contribution in [0.3, 0.4) is 0 Å². The van der Waals surface area contributed by atoms with Crippen LogP contribution in [0.25, 0.3) is 11.1 Å². The number of piperidine rings is 1. The van der Waals surface area contributed by atoms with Crippen molar-refractivity contribution in [2.45, 2.75) is 26.7 Å². The number of primary amides is 1. The molecule has 3 heterocycles. The Morgan fingerprint density at radius 3 is 2.71 bits per heavy atom. The molecule has 128 valence electrons. The van der Waals surface area contributed by atoms with Gasteiger partial charge in [0, 0.05) is 19.0 Å². The first-order chi connectivity index (χ1) is 11.5. The van der Waals surface area contributed by atoms with Crippen molar-refractivity contribution in [3.63, 3.8) is 0 Å². The predicted molar refractivity (Wildman–Crippen MR) is 86.6 cm³/mol. The van der Waals surface area contributed by atoms with E-state index in [9.17, 15) is 9.59 Å². The molecule has 0 radical (unpaired) electrons. The van der Waals surface area contributed by atoms with Crippen LogP contribution >= 0.6 is 0 Å². The minimum absolute atomic E-state index is 0.116. The standard InChI is InChI=1S/C16H20N4O4/c1-3-23-16(22)11-9(2)24-15-12(11)14(18-8-19-15)20-6-4-10(5-7-20)13(17)21/h8,10H,3-7H2,1-2H3,(H2,17,21). The van der Waals surface area contributed by atoms with Crippen LogP contribution in [0, 0.1) is 12.8 Å². The Morgan fingerprint density at radius 1 is 1.38 bits per heavy atom. The fourth-order valence-corrected chi connectivity index (χ4v) is 3.09. The van der Waals surface area contributed by atoms with Crippen molar-refractivity contribution in [2.24, 2.45) is 11.7 Å². The normalized spacial score (nSPS) is 15.7. The Morgan fingerprint density at radius 2 is 2.08 bits per heavy atom. The van der Waals surface area contributed by atoms with Crippen molar-refractivity contribution < 1.29 is 18.7 Å². The van der Waals surface area contributed by atoms with Crippen molar-refractivity contribution >= 4 is 28.8 Å². The molecule has 0 bridgehead atoms. The third kappa shape index (κ3) is 2.79. The number of hydrogen-bond acceptors (Lipinski definition) is 7. The maximum atomic E-state index is 12.3. The molecule has 24 heavy (non-hydrogen) atoms. The molecule has 0 atom stereocenters. The summed E-state index contributed by atoms with van der Waals surface area (Å²) < 4.78 is 10.7. The summed E-state index contributed by atoms with van der Waals surface area (Å²) in [5, 5.41) is 0.561. The number of nitrogens with zero attached hydrogens (tertiary/aromatic N) is 3. The SMILES string of the molecule is CCOC(=O)c1c(C)oc2ncnc(N3CCC(C(N)=O)CC3)c12. The van der Waals surface area contributed by atoms with E-state index < -0.39 is 5.97 Å². The van der Waals surface area contributed by atoms with Crippen molar-refractivity contribution in [1.29, 1.82) is 0 Å². The van der Waals surface area contributed by atoms with Crippen LogP contribution in [0.5, 0.6) is 0 Å². The fraction of sp³-hybridized carbons (Fsp3) is 0.500. The third-order valence-corrected chi connectivity index (χ3v) is 4.32. The lowest BCUT2D eigenvalue weighted by Gasteiger charge is -2.31. The zero-order valence-corrected chi connectivity index (χ0v) is 13.7. The molecule has 1 aliphatic rings. The monoisotopic (exact) mass is 332 g/mol. The Bertz CT molecular complexity index is 778. The second kappa shape index (κ2) is 6.46. The maximum Gasteiger partial charge on any atom is 0.342 e. The van der Waals surface area contributed by atoms with Gasteiger partial charge in [-0.25, -0.2) is 14.8 Å². The summed E-state index contributed by atoms with van der Waals surface area (Å²) in [4.78, 5) is 34.1. The van der Waals surface area contributed by atoms with E-state index in [-0.39, 0.29) is 18.4 Å². The van der Waals surface area contributed by atoms with Crippen LogP contribution in [0.1, 0.15) is 35.9 Å². The molecular formula is C16H20N4O4. The van der Waals surface area contributed by atoms with E-state index in [2.05, 4.69) is 9.97 Å². The molecule has 0 spiro atoms. The van der Waals surface area contributed by atoms with Crippen LogP contribution in [0.15, 0.2) is 10.7 Å². The minimum Gasteiger partial charge on any atom is -0.462 e. The summed E-state index contributed by atoms with van der Waals surface area (Å²) in [6.45, 7) is 5.00. The van der Waals surface area contributed by atoms with E-state index in [0.717, 1.165) is 0 Å². The van der Waals surface area contributed by atoms with Gasteiger partial charge in [0.05, 0.1) is 12.0 Å². The number of carbonyl (C=O) groups excluding carboxylic acids is 2. The van der Waals surface area contributed by atoms with Gasteiger partial charge in [0.1, 0.15) is 23.5 Å². The second-order valence-corrected chi connectivity index (χ2v) is 5.79. The van der Waals surface area contributed by atoms with Crippen molar-refractivity contribution in [1.82, 2.24) is 9.97 Å². The van der Waals surface area contributed by atoms with Crippen LogP contribution in [-0.2, 0) is 9.53 Å². The average Bonchev–Trinajstić information content (AvgIpc) is 2.91. The molecule has 2 N–H and O–H groups in total. The number of amides is 1. The molecule has 0 unspecified atom stereocenters. The number of carbonyl (C=O) groups is 2. The van der Waals surface area contributed by atoms with Crippen LogP contribution in [0.4, 0.5) is 5.82 Å². The van der Waals surface area contributed by atoms with E-state index in [1.807, 2.05) is 4.90 Å². The lowest BCUT2D eigenvalue weighted by molar-refractivity contribution is -0.122. The van der Waals surface area contributed by atoms with Crippen molar-refractivity contribution in [3.8, 4) is 0 Å². The molecule has 2 aromatic heterocycles. The van der Waals surface area contributed by atoms with Gasteiger partial charge in [0.2, 0.25) is 11.6 Å². The molecule has 2 aromatic rings. The van der Waals surface area contributed by atoms with Crippen LogP contribution < -0.4 is 10.6 Å². The Hall–Kier alpha value is -2.64. The van der Waals surface area contributed by atoms with Gasteiger partial charge in [-0.2, -0.15) is 0 Å². The van der Waals surface area contributed by atoms with Crippen molar-refractivity contribution in [2.75, 3.05) is 24.6 Å². The van der Waals surface area contributed by atoms with Crippen molar-refractivity contribution in [3.05, 3.63) is 17.7 Å². The van der Waals surface area contributed by atoms with Gasteiger partial charge in [-0.1, -0.05) is 0 Å². The minimum atomic E-state index is -0.447. The molecule has 1 fully saturated rings. The number of rotatable bonds is 4. The quantitative estimate of drug-likeness (QED) is 0.842. The summed E-state index contributed by atoms with van der Waals surface area (Å²) in [6, 6.07) is 0. The lowest BCUT2D eigenvalue weighted by Crippen LogP contribution is -2.39. The number of nitrogens with two attached hydrogens (primary N) is 1. The molecule has 1 aliphatic heterocycles. The summed E-state index contributed by atoms with van der Waals surface area (Å²) in [6.07, 6.45) is 2.73. The number of ether oxygens (including phenoxy) is 1. The van der Waals surface area contributed by atoms with Gasteiger partial charge in [-0.05, 0) is 26.7 Å². The maximum absolute atomic E-state index is 12.3. The topological polar surface area (TPSA) is 112 Å². The Labute approximate surface area is 139 Å². The smallest absolute Gasteiger partial charge is 0.342 e. The molecular weight excluding hydrogens is 312 g/mol. The van der Waals surface area contributed by atoms with E-state index in [1.165, 1.54) is 6.33 Å². The first-order valence-electron chi connectivity index (χ1n) is 7.98. The van der Waals surface area contributed by atoms with Gasteiger partial charge in [0.15, 0.2) is 0 Å². The van der Waals surface area contributed by atoms with E-state index in [1.54, 1.807) is 13.8 Å². The highest BCUT2D eigenvalue weighted by Gasteiger charge is 2.29. The number of furan rings is 1. The van der Waals surface area contributed by atoms with Gasteiger partial charge in [0.25, 0.3) is 0 Å². The largest absolute Gasteiger partial charge is 0.462 e. The first kappa shape index (κ1) is 16.2. The van der Waals surface area contributed by atoms with E-state index in [4.69, 9.17) is 14.9 Å². The highest BCUT2D eigenvalue weighted by Crippen LogP contribution is 2.33.